The van der Waals surface area contributed by atoms with Gasteiger partial charge in [-0.05, 0) is 34.5 Å². The van der Waals surface area contributed by atoms with E-state index in [1.807, 2.05) is 16.8 Å². The lowest BCUT2D eigenvalue weighted by Gasteiger charge is -2.14. The molecule has 2 heterocycles. The molecule has 0 unspecified atom stereocenters. The molecule has 0 radical (unpaired) electrons. The number of rotatable bonds is 3. The van der Waals surface area contributed by atoms with Gasteiger partial charge in [0.25, 0.3) is 11.8 Å². The van der Waals surface area contributed by atoms with Gasteiger partial charge in [-0.15, -0.1) is 0 Å². The second-order valence-corrected chi connectivity index (χ2v) is 4.74. The van der Waals surface area contributed by atoms with Crippen molar-refractivity contribution in [3.63, 3.8) is 0 Å². The van der Waals surface area contributed by atoms with Crippen molar-refractivity contribution in [2.75, 3.05) is 0 Å². The van der Waals surface area contributed by atoms with Crippen molar-refractivity contribution in [2.24, 2.45) is 0 Å². The van der Waals surface area contributed by atoms with Crippen LogP contribution in [-0.4, -0.2) is 16.8 Å². The van der Waals surface area contributed by atoms with Crippen molar-refractivity contribution < 1.29 is 9.59 Å². The molecule has 1 aromatic carbocycles. The molecule has 4 nitrogen and oxygen atoms in total. The number of amides is 2. The van der Waals surface area contributed by atoms with Crippen LogP contribution in [0.4, 0.5) is 0 Å². The molecule has 3 rings (SSSR count). The summed E-state index contributed by atoms with van der Waals surface area (Å²) >= 11 is 1.58. The number of imide groups is 1. The lowest BCUT2D eigenvalue weighted by atomic mass is 10.1. The largest absolute Gasteiger partial charge is 0.276 e. The fourth-order valence-electron chi connectivity index (χ4n) is 1.90. The molecule has 0 aliphatic carbocycles. The highest BCUT2D eigenvalue weighted by molar-refractivity contribution is 7.07. The van der Waals surface area contributed by atoms with Gasteiger partial charge in [0, 0.05) is 6.54 Å². The summed E-state index contributed by atoms with van der Waals surface area (Å²) < 4.78 is 0. The van der Waals surface area contributed by atoms with Crippen molar-refractivity contribution in [3.05, 3.63) is 57.8 Å². The van der Waals surface area contributed by atoms with Gasteiger partial charge in [0.15, 0.2) is 0 Å². The maximum atomic E-state index is 12.0. The zero-order chi connectivity index (χ0) is 12.5. The molecule has 2 amide bonds. The van der Waals surface area contributed by atoms with Crippen LogP contribution in [0.15, 0.2) is 41.1 Å². The third-order valence-corrected chi connectivity index (χ3v) is 3.55. The Morgan fingerprint density at radius 1 is 1.06 bits per heavy atom. The number of carbonyl (C=O) groups excluding carboxylic acids is 2. The highest BCUT2D eigenvalue weighted by Gasteiger charge is 2.35. The summed E-state index contributed by atoms with van der Waals surface area (Å²) in [5.74, 6) is -0.573. The van der Waals surface area contributed by atoms with E-state index < -0.39 is 0 Å². The van der Waals surface area contributed by atoms with E-state index in [1.54, 1.807) is 35.6 Å². The van der Waals surface area contributed by atoms with Crippen molar-refractivity contribution in [3.8, 4) is 0 Å². The minimum Gasteiger partial charge on any atom is -0.267 e. The van der Waals surface area contributed by atoms with E-state index in [2.05, 4.69) is 5.43 Å². The molecule has 0 saturated carbocycles. The van der Waals surface area contributed by atoms with E-state index in [0.29, 0.717) is 17.7 Å². The first-order chi connectivity index (χ1) is 8.77. The smallest absolute Gasteiger partial charge is 0.267 e. The van der Waals surface area contributed by atoms with E-state index in [1.165, 1.54) is 0 Å². The molecule has 0 atom stereocenters. The monoisotopic (exact) mass is 258 g/mol. The van der Waals surface area contributed by atoms with Crippen LogP contribution in [0.2, 0.25) is 0 Å². The summed E-state index contributed by atoms with van der Waals surface area (Å²) in [6.07, 6.45) is 0. The first-order valence-electron chi connectivity index (χ1n) is 5.50. The maximum absolute atomic E-state index is 12.0. The van der Waals surface area contributed by atoms with Crippen molar-refractivity contribution in [2.45, 2.75) is 6.54 Å². The fraction of sp³-hybridized carbons (Fsp3) is 0.0769. The van der Waals surface area contributed by atoms with Gasteiger partial charge in [-0.3, -0.25) is 9.59 Å². The van der Waals surface area contributed by atoms with Crippen molar-refractivity contribution in [1.82, 2.24) is 10.4 Å². The zero-order valence-electron chi connectivity index (χ0n) is 9.42. The number of nitrogens with one attached hydrogen (secondary N) is 1. The van der Waals surface area contributed by atoms with Gasteiger partial charge in [0.05, 0.1) is 11.1 Å². The second kappa shape index (κ2) is 4.36. The maximum Gasteiger partial charge on any atom is 0.276 e. The van der Waals surface area contributed by atoms with Gasteiger partial charge in [-0.1, -0.05) is 12.1 Å². The number of fused-ring (bicyclic) bond motifs is 1. The lowest BCUT2D eigenvalue weighted by molar-refractivity contribution is 0.0562. The Hall–Kier alpha value is -1.98. The molecule has 18 heavy (non-hydrogen) atoms. The SMILES string of the molecule is O=C1c2ccccc2C(=O)N1NCc1ccsc1. The summed E-state index contributed by atoms with van der Waals surface area (Å²) in [4.78, 5) is 24.0. The molecule has 0 fully saturated rings. The fourth-order valence-corrected chi connectivity index (χ4v) is 2.57. The van der Waals surface area contributed by atoms with E-state index in [4.69, 9.17) is 0 Å². The summed E-state index contributed by atoms with van der Waals surface area (Å²) in [5.41, 5.74) is 4.84. The quantitative estimate of drug-likeness (QED) is 0.857. The van der Waals surface area contributed by atoms with Crippen LogP contribution in [0, 0.1) is 0 Å². The third kappa shape index (κ3) is 1.73. The highest BCUT2D eigenvalue weighted by atomic mass is 32.1. The first kappa shape index (κ1) is 11.1. The molecule has 0 spiro atoms. The Kier molecular flexibility index (Phi) is 2.70. The Morgan fingerprint density at radius 3 is 2.28 bits per heavy atom. The predicted octanol–water partition coefficient (Wildman–Crippen LogP) is 2.05. The van der Waals surface area contributed by atoms with Gasteiger partial charge >= 0.3 is 0 Å². The number of hydrazine groups is 1. The summed E-state index contributed by atoms with van der Waals surface area (Å²) in [7, 11) is 0. The summed E-state index contributed by atoms with van der Waals surface area (Å²) in [6.45, 7) is 0.467. The first-order valence-corrected chi connectivity index (χ1v) is 6.44. The number of carbonyl (C=O) groups is 2. The molecule has 2 aromatic rings. The van der Waals surface area contributed by atoms with Gasteiger partial charge in [0.2, 0.25) is 0 Å². The Bertz CT molecular complexity index is 572. The van der Waals surface area contributed by atoms with Gasteiger partial charge in [0.1, 0.15) is 0 Å². The normalized spacial score (nSPS) is 14.1. The Balaban J connectivity index is 1.80. The average molecular weight is 258 g/mol. The van der Waals surface area contributed by atoms with Crippen molar-refractivity contribution in [1.29, 1.82) is 0 Å². The summed E-state index contributed by atoms with van der Waals surface area (Å²) in [6, 6.07) is 8.80. The second-order valence-electron chi connectivity index (χ2n) is 3.96. The van der Waals surface area contributed by atoms with E-state index >= 15 is 0 Å². The Morgan fingerprint density at radius 2 is 1.72 bits per heavy atom. The van der Waals surface area contributed by atoms with Gasteiger partial charge < -0.3 is 0 Å². The van der Waals surface area contributed by atoms with Gasteiger partial charge in [-0.25, -0.2) is 10.4 Å². The van der Waals surface area contributed by atoms with Crippen LogP contribution < -0.4 is 5.43 Å². The number of hydrogen-bond acceptors (Lipinski definition) is 4. The molecule has 90 valence electrons. The number of hydrogen-bond donors (Lipinski definition) is 1. The van der Waals surface area contributed by atoms with Crippen LogP contribution in [0.5, 0.6) is 0 Å². The Labute approximate surface area is 108 Å². The molecule has 5 heteroatoms. The van der Waals surface area contributed by atoms with E-state index in [0.717, 1.165) is 10.6 Å². The number of thiophene rings is 1. The highest BCUT2D eigenvalue weighted by Crippen LogP contribution is 2.20. The zero-order valence-corrected chi connectivity index (χ0v) is 10.2. The van der Waals surface area contributed by atoms with E-state index in [-0.39, 0.29) is 11.8 Å². The molecule has 0 bridgehead atoms. The van der Waals surface area contributed by atoms with Crippen LogP contribution in [0.25, 0.3) is 0 Å². The molecule has 1 N–H and O–H groups in total. The van der Waals surface area contributed by atoms with Crippen LogP contribution >= 0.6 is 11.3 Å². The van der Waals surface area contributed by atoms with E-state index in [9.17, 15) is 9.59 Å². The van der Waals surface area contributed by atoms with Crippen molar-refractivity contribution >= 4 is 23.2 Å². The topological polar surface area (TPSA) is 49.4 Å². The van der Waals surface area contributed by atoms with Crippen LogP contribution in [-0.2, 0) is 6.54 Å². The van der Waals surface area contributed by atoms with Crippen LogP contribution in [0.3, 0.4) is 0 Å². The molecular formula is C13H10N2O2S. The average Bonchev–Trinajstić information content (AvgIpc) is 2.98. The number of benzene rings is 1. The third-order valence-electron chi connectivity index (χ3n) is 2.82. The van der Waals surface area contributed by atoms with Crippen LogP contribution in [0.1, 0.15) is 26.3 Å². The molecule has 1 aliphatic heterocycles. The number of nitrogens with zero attached hydrogens (tertiary/aromatic N) is 1. The lowest BCUT2D eigenvalue weighted by Crippen LogP contribution is -2.41. The molecule has 1 aromatic heterocycles. The minimum absolute atomic E-state index is 0.286. The standard InChI is InChI=1S/C13H10N2O2S/c16-12-10-3-1-2-4-11(10)13(17)15(12)14-7-9-5-6-18-8-9/h1-6,8,14H,7H2. The molecule has 0 saturated heterocycles. The molecular weight excluding hydrogens is 248 g/mol. The summed E-state index contributed by atoms with van der Waals surface area (Å²) in [5, 5.41) is 5.02. The van der Waals surface area contributed by atoms with Gasteiger partial charge in [-0.2, -0.15) is 11.3 Å². The molecule has 1 aliphatic rings. The predicted molar refractivity (Wildman–Crippen MR) is 68.1 cm³/mol. The minimum atomic E-state index is -0.286.